The number of anilines is 1. The third-order valence-electron chi connectivity index (χ3n) is 3.22. The quantitative estimate of drug-likeness (QED) is 0.906. The number of nitrogens with zero attached hydrogens (tertiary/aromatic N) is 1. The molecule has 4 heteroatoms. The molecule has 0 radical (unpaired) electrons. The fourth-order valence-corrected chi connectivity index (χ4v) is 2.80. The molecule has 1 amide bonds. The molecule has 2 rings (SSSR count). The standard InChI is InChI=1S/C16H20N2OS/c1-12(2)18(11-13-7-6-10-20-13)16(19)14-8-4-5-9-15(14)17-3/h4-10,12,17H,11H2,1-3H3. The number of hydrogen-bond donors (Lipinski definition) is 1. The van der Waals surface area contributed by atoms with Gasteiger partial charge in [0.1, 0.15) is 0 Å². The Bertz CT molecular complexity index is 564. The first-order valence-electron chi connectivity index (χ1n) is 6.73. The number of thiophene rings is 1. The predicted octanol–water partition coefficient (Wildman–Crippen LogP) is 3.84. The van der Waals surface area contributed by atoms with Crippen molar-refractivity contribution in [1.82, 2.24) is 4.90 Å². The Morgan fingerprint density at radius 3 is 2.60 bits per heavy atom. The van der Waals surface area contributed by atoms with Gasteiger partial charge in [-0.2, -0.15) is 0 Å². The van der Waals surface area contributed by atoms with Crippen molar-refractivity contribution >= 4 is 22.9 Å². The van der Waals surface area contributed by atoms with Crippen LogP contribution >= 0.6 is 11.3 Å². The molecule has 3 nitrogen and oxygen atoms in total. The van der Waals surface area contributed by atoms with E-state index in [0.717, 1.165) is 11.3 Å². The summed E-state index contributed by atoms with van der Waals surface area (Å²) in [4.78, 5) is 15.9. The molecule has 0 saturated heterocycles. The first kappa shape index (κ1) is 14.6. The normalized spacial score (nSPS) is 10.6. The van der Waals surface area contributed by atoms with Crippen LogP contribution in [-0.2, 0) is 6.54 Å². The minimum absolute atomic E-state index is 0.0679. The molecule has 106 valence electrons. The highest BCUT2D eigenvalue weighted by Gasteiger charge is 2.21. The van der Waals surface area contributed by atoms with Gasteiger partial charge in [0.15, 0.2) is 0 Å². The zero-order valence-electron chi connectivity index (χ0n) is 12.1. The fourth-order valence-electron chi connectivity index (χ4n) is 2.10. The van der Waals surface area contributed by atoms with E-state index in [4.69, 9.17) is 0 Å². The lowest BCUT2D eigenvalue weighted by molar-refractivity contribution is 0.0693. The van der Waals surface area contributed by atoms with E-state index in [-0.39, 0.29) is 11.9 Å². The minimum Gasteiger partial charge on any atom is -0.387 e. The average Bonchev–Trinajstić information content (AvgIpc) is 2.96. The van der Waals surface area contributed by atoms with E-state index in [9.17, 15) is 4.79 Å². The predicted molar refractivity (Wildman–Crippen MR) is 85.3 cm³/mol. The van der Waals surface area contributed by atoms with Crippen LogP contribution in [0.4, 0.5) is 5.69 Å². The number of para-hydroxylation sites is 1. The summed E-state index contributed by atoms with van der Waals surface area (Å²) in [6.07, 6.45) is 0. The first-order valence-corrected chi connectivity index (χ1v) is 7.61. The lowest BCUT2D eigenvalue weighted by Gasteiger charge is -2.27. The van der Waals surface area contributed by atoms with Crippen molar-refractivity contribution in [1.29, 1.82) is 0 Å². The number of benzene rings is 1. The average molecular weight is 288 g/mol. The zero-order valence-corrected chi connectivity index (χ0v) is 12.9. The van der Waals surface area contributed by atoms with Gasteiger partial charge in [-0.25, -0.2) is 0 Å². The van der Waals surface area contributed by atoms with Crippen LogP contribution in [0.3, 0.4) is 0 Å². The van der Waals surface area contributed by atoms with Crippen LogP contribution in [0.5, 0.6) is 0 Å². The van der Waals surface area contributed by atoms with Crippen molar-refractivity contribution in [2.24, 2.45) is 0 Å². The Kier molecular flexibility index (Phi) is 4.79. The van der Waals surface area contributed by atoms with E-state index in [1.807, 2.05) is 61.5 Å². The van der Waals surface area contributed by atoms with Crippen LogP contribution in [0.15, 0.2) is 41.8 Å². The van der Waals surface area contributed by atoms with Crippen LogP contribution in [0.1, 0.15) is 29.1 Å². The van der Waals surface area contributed by atoms with Crippen molar-refractivity contribution < 1.29 is 4.79 Å². The van der Waals surface area contributed by atoms with Crippen molar-refractivity contribution in [3.8, 4) is 0 Å². The molecule has 0 aliphatic carbocycles. The van der Waals surface area contributed by atoms with Crippen LogP contribution < -0.4 is 5.32 Å². The van der Waals surface area contributed by atoms with Gasteiger partial charge >= 0.3 is 0 Å². The second kappa shape index (κ2) is 6.57. The van der Waals surface area contributed by atoms with Crippen LogP contribution in [0, 0.1) is 0 Å². The summed E-state index contributed by atoms with van der Waals surface area (Å²) >= 11 is 1.68. The van der Waals surface area contributed by atoms with Gasteiger partial charge in [-0.1, -0.05) is 18.2 Å². The Morgan fingerprint density at radius 1 is 1.25 bits per heavy atom. The molecular weight excluding hydrogens is 268 g/mol. The van der Waals surface area contributed by atoms with Gasteiger partial charge in [-0.15, -0.1) is 11.3 Å². The molecule has 1 aromatic carbocycles. The van der Waals surface area contributed by atoms with Gasteiger partial charge in [-0.05, 0) is 37.4 Å². The van der Waals surface area contributed by atoms with Crippen LogP contribution in [-0.4, -0.2) is 23.9 Å². The maximum absolute atomic E-state index is 12.8. The number of carbonyl (C=O) groups is 1. The topological polar surface area (TPSA) is 32.3 Å². The van der Waals surface area contributed by atoms with E-state index < -0.39 is 0 Å². The van der Waals surface area contributed by atoms with Gasteiger partial charge in [-0.3, -0.25) is 4.79 Å². The largest absolute Gasteiger partial charge is 0.387 e. The van der Waals surface area contributed by atoms with Gasteiger partial charge in [0.25, 0.3) is 5.91 Å². The van der Waals surface area contributed by atoms with E-state index in [1.54, 1.807) is 11.3 Å². The smallest absolute Gasteiger partial charge is 0.256 e. The molecule has 0 fully saturated rings. The highest BCUT2D eigenvalue weighted by atomic mass is 32.1. The summed E-state index contributed by atoms with van der Waals surface area (Å²) in [5.41, 5.74) is 1.59. The lowest BCUT2D eigenvalue weighted by Crippen LogP contribution is -2.36. The van der Waals surface area contributed by atoms with Crippen molar-refractivity contribution in [3.63, 3.8) is 0 Å². The van der Waals surface area contributed by atoms with Gasteiger partial charge in [0.2, 0.25) is 0 Å². The van der Waals surface area contributed by atoms with E-state index in [0.29, 0.717) is 6.54 Å². The Labute approximate surface area is 124 Å². The molecule has 2 aromatic rings. The summed E-state index contributed by atoms with van der Waals surface area (Å²) in [5, 5.41) is 5.13. The highest BCUT2D eigenvalue weighted by molar-refractivity contribution is 7.09. The number of nitrogens with one attached hydrogen (secondary N) is 1. The SMILES string of the molecule is CNc1ccccc1C(=O)N(Cc1cccs1)C(C)C. The van der Waals surface area contributed by atoms with Crippen molar-refractivity contribution in [3.05, 3.63) is 52.2 Å². The number of rotatable bonds is 5. The van der Waals surface area contributed by atoms with E-state index in [1.165, 1.54) is 4.88 Å². The molecule has 0 saturated carbocycles. The number of hydrogen-bond acceptors (Lipinski definition) is 3. The lowest BCUT2D eigenvalue weighted by atomic mass is 10.1. The first-order chi connectivity index (χ1) is 9.63. The third-order valence-corrected chi connectivity index (χ3v) is 4.08. The molecule has 0 atom stereocenters. The Hall–Kier alpha value is -1.81. The molecule has 1 heterocycles. The summed E-state index contributed by atoms with van der Waals surface area (Å²) in [6.45, 7) is 4.76. The zero-order chi connectivity index (χ0) is 14.5. The summed E-state index contributed by atoms with van der Waals surface area (Å²) in [6, 6.07) is 11.9. The molecule has 0 spiro atoms. The minimum atomic E-state index is 0.0679. The van der Waals surface area contributed by atoms with Crippen LogP contribution in [0.2, 0.25) is 0 Å². The number of carbonyl (C=O) groups excluding carboxylic acids is 1. The molecule has 20 heavy (non-hydrogen) atoms. The summed E-state index contributed by atoms with van der Waals surface area (Å²) < 4.78 is 0. The highest BCUT2D eigenvalue weighted by Crippen LogP contribution is 2.21. The Balaban J connectivity index is 2.27. The second-order valence-electron chi connectivity index (χ2n) is 4.90. The number of amides is 1. The molecular formula is C16H20N2OS. The van der Waals surface area contributed by atoms with Gasteiger partial charge < -0.3 is 10.2 Å². The van der Waals surface area contributed by atoms with E-state index in [2.05, 4.69) is 11.4 Å². The molecule has 0 aliphatic heterocycles. The van der Waals surface area contributed by atoms with Crippen LogP contribution in [0.25, 0.3) is 0 Å². The van der Waals surface area contributed by atoms with Crippen molar-refractivity contribution in [2.45, 2.75) is 26.4 Å². The van der Waals surface area contributed by atoms with E-state index >= 15 is 0 Å². The maximum Gasteiger partial charge on any atom is 0.256 e. The molecule has 1 N–H and O–H groups in total. The molecule has 0 unspecified atom stereocenters. The molecule has 0 bridgehead atoms. The second-order valence-corrected chi connectivity index (χ2v) is 5.93. The summed E-state index contributed by atoms with van der Waals surface area (Å²) in [7, 11) is 1.84. The molecule has 0 aliphatic rings. The molecule has 1 aromatic heterocycles. The Morgan fingerprint density at radius 2 is 2.00 bits per heavy atom. The van der Waals surface area contributed by atoms with Gasteiger partial charge in [0, 0.05) is 23.7 Å². The summed E-state index contributed by atoms with van der Waals surface area (Å²) in [5.74, 6) is 0.0679. The monoisotopic (exact) mass is 288 g/mol. The van der Waals surface area contributed by atoms with Gasteiger partial charge in [0.05, 0.1) is 12.1 Å². The van der Waals surface area contributed by atoms with Crippen molar-refractivity contribution in [2.75, 3.05) is 12.4 Å². The fraction of sp³-hybridized carbons (Fsp3) is 0.312. The third kappa shape index (κ3) is 3.20. The maximum atomic E-state index is 12.8.